The van der Waals surface area contributed by atoms with E-state index in [9.17, 15) is 0 Å². The number of hydrogen-bond donors (Lipinski definition) is 1. The molecule has 0 aromatic rings. The first-order chi connectivity index (χ1) is 3.27. The summed E-state index contributed by atoms with van der Waals surface area (Å²) in [5.74, 6) is 0. The molecular formula is C4H12BN2. The average Bonchev–Trinajstić information content (AvgIpc) is 1.61. The highest BCUT2D eigenvalue weighted by atomic mass is 15.0. The molecule has 0 bridgehead atoms. The van der Waals surface area contributed by atoms with E-state index in [1.807, 2.05) is 18.9 Å². The second kappa shape index (κ2) is 4.15. The molecule has 0 amide bonds. The molecule has 3 heteroatoms. The molecule has 0 saturated carbocycles. The van der Waals surface area contributed by atoms with Crippen molar-refractivity contribution in [3.05, 3.63) is 0 Å². The van der Waals surface area contributed by atoms with Crippen LogP contribution in [0.2, 0.25) is 6.32 Å². The highest BCUT2D eigenvalue weighted by molar-refractivity contribution is 6.31. The van der Waals surface area contributed by atoms with Crippen molar-refractivity contribution in [2.45, 2.75) is 6.32 Å². The molecule has 1 radical (unpaired) electrons. The minimum atomic E-state index is 0.748. The fourth-order valence-corrected chi connectivity index (χ4v) is 0.333. The fourth-order valence-electron chi connectivity index (χ4n) is 0.333. The van der Waals surface area contributed by atoms with Gasteiger partial charge in [0.05, 0.1) is 0 Å². The van der Waals surface area contributed by atoms with Gasteiger partial charge in [-0.25, -0.2) is 0 Å². The van der Waals surface area contributed by atoms with Gasteiger partial charge in [0.25, 0.3) is 0 Å². The van der Waals surface area contributed by atoms with Crippen LogP contribution in [-0.4, -0.2) is 32.9 Å². The van der Waals surface area contributed by atoms with Crippen molar-refractivity contribution in [3.8, 4) is 0 Å². The van der Waals surface area contributed by atoms with E-state index in [-0.39, 0.29) is 0 Å². The van der Waals surface area contributed by atoms with Gasteiger partial charge in [-0.15, -0.1) is 0 Å². The first-order valence-electron chi connectivity index (χ1n) is 2.47. The van der Waals surface area contributed by atoms with Gasteiger partial charge in [-0.2, -0.15) is 0 Å². The largest absolute Gasteiger partial charge is 0.352 e. The van der Waals surface area contributed by atoms with Crippen molar-refractivity contribution in [2.75, 3.05) is 20.6 Å². The Bertz CT molecular complexity index is 38.7. The predicted molar refractivity (Wildman–Crippen MR) is 33.3 cm³/mol. The standard InChI is InChI=1S/C4H12BN2/c1-7(2)5-3-4-6/h3-4,6H2,1-2H3. The molecule has 0 fully saturated rings. The van der Waals surface area contributed by atoms with Gasteiger partial charge < -0.3 is 10.5 Å². The summed E-state index contributed by atoms with van der Waals surface area (Å²) >= 11 is 0. The maximum atomic E-state index is 5.22. The van der Waals surface area contributed by atoms with E-state index in [4.69, 9.17) is 5.73 Å². The molecule has 0 saturated heterocycles. The number of rotatable bonds is 3. The summed E-state index contributed by atoms with van der Waals surface area (Å²) in [5.41, 5.74) is 5.22. The van der Waals surface area contributed by atoms with Crippen LogP contribution in [0.1, 0.15) is 0 Å². The molecule has 41 valence electrons. The Morgan fingerprint density at radius 1 is 1.57 bits per heavy atom. The molecule has 2 N–H and O–H groups in total. The Morgan fingerprint density at radius 2 is 2.14 bits per heavy atom. The Morgan fingerprint density at radius 3 is 2.29 bits per heavy atom. The molecule has 0 aliphatic heterocycles. The van der Waals surface area contributed by atoms with E-state index in [0.29, 0.717) is 0 Å². The van der Waals surface area contributed by atoms with Gasteiger partial charge in [0.2, 0.25) is 7.41 Å². The van der Waals surface area contributed by atoms with Crippen molar-refractivity contribution >= 4 is 7.41 Å². The van der Waals surface area contributed by atoms with Gasteiger partial charge in [-0.1, -0.05) is 6.32 Å². The highest BCUT2D eigenvalue weighted by Crippen LogP contribution is 1.74. The number of hydrogen-bond acceptors (Lipinski definition) is 2. The fraction of sp³-hybridized carbons (Fsp3) is 1.00. The average molecular weight is 99.0 g/mol. The van der Waals surface area contributed by atoms with Crippen LogP contribution < -0.4 is 5.73 Å². The van der Waals surface area contributed by atoms with Crippen molar-refractivity contribution in [3.63, 3.8) is 0 Å². The zero-order chi connectivity index (χ0) is 5.70. The highest BCUT2D eigenvalue weighted by Gasteiger charge is 1.88. The summed E-state index contributed by atoms with van der Waals surface area (Å²) in [6.07, 6.45) is 0.979. The number of nitrogens with zero attached hydrogens (tertiary/aromatic N) is 1. The molecule has 2 nitrogen and oxygen atoms in total. The molecular weight excluding hydrogens is 86.9 g/mol. The van der Waals surface area contributed by atoms with Crippen LogP contribution in [0.3, 0.4) is 0 Å². The second-order valence-electron chi connectivity index (χ2n) is 1.72. The summed E-state index contributed by atoms with van der Waals surface area (Å²) in [6, 6.07) is 0. The quantitative estimate of drug-likeness (QED) is 0.485. The Labute approximate surface area is 45.9 Å². The summed E-state index contributed by atoms with van der Waals surface area (Å²) < 4.78 is 0. The second-order valence-corrected chi connectivity index (χ2v) is 1.72. The normalized spacial score (nSPS) is 9.71. The maximum Gasteiger partial charge on any atom is 0.209 e. The molecule has 0 aromatic heterocycles. The van der Waals surface area contributed by atoms with E-state index < -0.39 is 0 Å². The van der Waals surface area contributed by atoms with Crippen LogP contribution in [-0.2, 0) is 0 Å². The summed E-state index contributed by atoms with van der Waals surface area (Å²) in [4.78, 5) is 2.01. The molecule has 0 unspecified atom stereocenters. The van der Waals surface area contributed by atoms with E-state index in [1.54, 1.807) is 0 Å². The van der Waals surface area contributed by atoms with Crippen molar-refractivity contribution in [1.29, 1.82) is 0 Å². The molecule has 0 aliphatic rings. The lowest BCUT2D eigenvalue weighted by Crippen LogP contribution is -2.19. The predicted octanol–water partition coefficient (Wildman–Crippen LogP) is -0.456. The Balaban J connectivity index is 2.68. The zero-order valence-corrected chi connectivity index (χ0v) is 5.02. The lowest BCUT2D eigenvalue weighted by Gasteiger charge is -2.03. The summed E-state index contributed by atoms with van der Waals surface area (Å²) in [6.45, 7) is 0.748. The van der Waals surface area contributed by atoms with Gasteiger partial charge in [0.15, 0.2) is 0 Å². The van der Waals surface area contributed by atoms with E-state index in [2.05, 4.69) is 7.41 Å². The Kier molecular flexibility index (Phi) is 4.14. The summed E-state index contributed by atoms with van der Waals surface area (Å²) in [5, 5.41) is 0. The third-order valence-corrected chi connectivity index (χ3v) is 0.661. The van der Waals surface area contributed by atoms with E-state index >= 15 is 0 Å². The van der Waals surface area contributed by atoms with Crippen LogP contribution >= 0.6 is 0 Å². The SMILES string of the molecule is CN(C)[B]CCN. The molecule has 0 spiro atoms. The molecule has 0 atom stereocenters. The lowest BCUT2D eigenvalue weighted by molar-refractivity contribution is 0.657. The molecule has 7 heavy (non-hydrogen) atoms. The minimum absolute atomic E-state index is 0.748. The minimum Gasteiger partial charge on any atom is -0.352 e. The molecule has 0 heterocycles. The van der Waals surface area contributed by atoms with Crippen molar-refractivity contribution < 1.29 is 0 Å². The van der Waals surface area contributed by atoms with Crippen molar-refractivity contribution in [2.24, 2.45) is 5.73 Å². The lowest BCUT2D eigenvalue weighted by atomic mass is 9.88. The zero-order valence-electron chi connectivity index (χ0n) is 5.02. The van der Waals surface area contributed by atoms with Crippen molar-refractivity contribution in [1.82, 2.24) is 4.81 Å². The van der Waals surface area contributed by atoms with E-state index in [1.165, 1.54) is 0 Å². The van der Waals surface area contributed by atoms with Gasteiger partial charge in [-0.3, -0.25) is 0 Å². The molecule has 0 aliphatic carbocycles. The van der Waals surface area contributed by atoms with Crippen LogP contribution in [0.15, 0.2) is 0 Å². The van der Waals surface area contributed by atoms with Gasteiger partial charge >= 0.3 is 0 Å². The van der Waals surface area contributed by atoms with Crippen LogP contribution in [0.4, 0.5) is 0 Å². The van der Waals surface area contributed by atoms with E-state index in [0.717, 1.165) is 12.9 Å². The van der Waals surface area contributed by atoms with Gasteiger partial charge in [0.1, 0.15) is 0 Å². The smallest absolute Gasteiger partial charge is 0.209 e. The van der Waals surface area contributed by atoms with Crippen LogP contribution in [0, 0.1) is 0 Å². The number of nitrogens with two attached hydrogens (primary N) is 1. The molecule has 0 rings (SSSR count). The first-order valence-corrected chi connectivity index (χ1v) is 2.47. The van der Waals surface area contributed by atoms with Crippen LogP contribution in [0.5, 0.6) is 0 Å². The third-order valence-electron chi connectivity index (χ3n) is 0.661. The van der Waals surface area contributed by atoms with Gasteiger partial charge in [0, 0.05) is 0 Å². The van der Waals surface area contributed by atoms with Gasteiger partial charge in [-0.05, 0) is 20.6 Å². The first kappa shape index (κ1) is 6.98. The Hall–Kier alpha value is -0.0151. The topological polar surface area (TPSA) is 29.3 Å². The monoisotopic (exact) mass is 99.1 g/mol. The summed E-state index contributed by atoms with van der Waals surface area (Å²) in [7, 11) is 6.05. The molecule has 0 aromatic carbocycles. The maximum absolute atomic E-state index is 5.22. The third kappa shape index (κ3) is 5.98. The van der Waals surface area contributed by atoms with Crippen LogP contribution in [0.25, 0.3) is 0 Å².